The molecule has 0 aromatic heterocycles. The van der Waals surface area contributed by atoms with E-state index in [2.05, 4.69) is 41.3 Å². The summed E-state index contributed by atoms with van der Waals surface area (Å²) in [5.74, 6) is 1.45. The van der Waals surface area contributed by atoms with E-state index >= 15 is 0 Å². The number of rotatable bonds is 8. The van der Waals surface area contributed by atoms with Gasteiger partial charge in [0.2, 0.25) is 5.91 Å². The van der Waals surface area contributed by atoms with Crippen LogP contribution in [0.25, 0.3) is 0 Å². The SMILES string of the molecule is COc1ccc(C2=NN(Cc3ccc(CN4CCOCC4)cc3)C(=O)[C@H]3CC=CC[C@@H]23)cc1OC(C)C. The van der Waals surface area contributed by atoms with Gasteiger partial charge in [0, 0.05) is 31.1 Å². The highest BCUT2D eigenvalue weighted by Gasteiger charge is 2.40. The molecule has 1 amide bonds. The van der Waals surface area contributed by atoms with Crippen molar-refractivity contribution in [1.29, 1.82) is 0 Å². The first-order valence-corrected chi connectivity index (χ1v) is 13.3. The Hall–Kier alpha value is -3.16. The van der Waals surface area contributed by atoms with Gasteiger partial charge in [0.15, 0.2) is 11.5 Å². The minimum absolute atomic E-state index is 0.0205. The van der Waals surface area contributed by atoms with Crippen molar-refractivity contribution in [2.24, 2.45) is 16.9 Å². The van der Waals surface area contributed by atoms with Gasteiger partial charge in [-0.15, -0.1) is 0 Å². The summed E-state index contributed by atoms with van der Waals surface area (Å²) in [7, 11) is 1.65. The summed E-state index contributed by atoms with van der Waals surface area (Å²) < 4.78 is 17.0. The molecular weight excluding hydrogens is 466 g/mol. The molecular formula is C30H37N3O4. The van der Waals surface area contributed by atoms with Crippen LogP contribution >= 0.6 is 0 Å². The molecule has 0 saturated carbocycles. The van der Waals surface area contributed by atoms with Crippen LogP contribution in [-0.2, 0) is 22.6 Å². The molecule has 7 heteroatoms. The summed E-state index contributed by atoms with van der Waals surface area (Å²) in [5.41, 5.74) is 4.26. The first kappa shape index (κ1) is 25.5. The molecule has 0 radical (unpaired) electrons. The Kier molecular flexibility index (Phi) is 7.91. The quantitative estimate of drug-likeness (QED) is 0.491. The zero-order valence-electron chi connectivity index (χ0n) is 22.1. The second-order valence-corrected chi connectivity index (χ2v) is 10.3. The van der Waals surface area contributed by atoms with Crippen LogP contribution in [0, 0.1) is 11.8 Å². The molecule has 1 fully saturated rings. The second-order valence-electron chi connectivity index (χ2n) is 10.3. The van der Waals surface area contributed by atoms with E-state index in [0.29, 0.717) is 18.0 Å². The Bertz CT molecular complexity index is 1150. The van der Waals surface area contributed by atoms with Gasteiger partial charge in [-0.3, -0.25) is 9.69 Å². The molecule has 7 nitrogen and oxygen atoms in total. The Labute approximate surface area is 219 Å². The molecule has 2 aromatic carbocycles. The van der Waals surface area contributed by atoms with Gasteiger partial charge >= 0.3 is 0 Å². The van der Waals surface area contributed by atoms with E-state index in [1.807, 2.05) is 32.0 Å². The fourth-order valence-electron chi connectivity index (χ4n) is 5.34. The molecule has 196 valence electrons. The van der Waals surface area contributed by atoms with Crippen LogP contribution in [0.1, 0.15) is 43.4 Å². The van der Waals surface area contributed by atoms with Crippen LogP contribution < -0.4 is 9.47 Å². The van der Waals surface area contributed by atoms with Crippen molar-refractivity contribution in [2.75, 3.05) is 33.4 Å². The summed E-state index contributed by atoms with van der Waals surface area (Å²) in [6.45, 7) is 8.90. The van der Waals surface area contributed by atoms with Crippen molar-refractivity contribution >= 4 is 11.6 Å². The number of carbonyl (C=O) groups excluding carboxylic acids is 1. The van der Waals surface area contributed by atoms with Crippen LogP contribution in [0.4, 0.5) is 0 Å². The molecule has 1 saturated heterocycles. The van der Waals surface area contributed by atoms with Crippen LogP contribution in [-0.4, -0.2) is 61.0 Å². The maximum absolute atomic E-state index is 13.5. The minimum Gasteiger partial charge on any atom is -0.493 e. The number of hydrazone groups is 1. The number of fused-ring (bicyclic) bond motifs is 1. The van der Waals surface area contributed by atoms with Gasteiger partial charge < -0.3 is 14.2 Å². The van der Waals surface area contributed by atoms with E-state index in [1.54, 1.807) is 12.1 Å². The third-order valence-corrected chi connectivity index (χ3v) is 7.27. The third kappa shape index (κ3) is 5.89. The van der Waals surface area contributed by atoms with E-state index in [0.717, 1.165) is 62.5 Å². The van der Waals surface area contributed by atoms with E-state index in [1.165, 1.54) is 5.56 Å². The van der Waals surface area contributed by atoms with E-state index in [-0.39, 0.29) is 23.8 Å². The Morgan fingerprint density at radius 2 is 1.62 bits per heavy atom. The lowest BCUT2D eigenvalue weighted by Gasteiger charge is -2.37. The van der Waals surface area contributed by atoms with Crippen LogP contribution in [0.5, 0.6) is 11.5 Å². The lowest BCUT2D eigenvalue weighted by molar-refractivity contribution is -0.138. The zero-order valence-corrected chi connectivity index (χ0v) is 22.1. The number of carbonyl (C=O) groups is 1. The number of morpholine rings is 1. The van der Waals surface area contributed by atoms with Gasteiger partial charge in [-0.25, -0.2) is 5.01 Å². The molecule has 2 atom stereocenters. The molecule has 2 aromatic rings. The van der Waals surface area contributed by atoms with Gasteiger partial charge in [-0.05, 0) is 56.0 Å². The molecule has 1 aliphatic carbocycles. The molecule has 0 spiro atoms. The minimum atomic E-state index is -0.102. The average molecular weight is 504 g/mol. The maximum Gasteiger partial charge on any atom is 0.247 e. The number of nitrogens with zero attached hydrogens (tertiary/aromatic N) is 3. The third-order valence-electron chi connectivity index (χ3n) is 7.27. The topological polar surface area (TPSA) is 63.6 Å². The Morgan fingerprint density at radius 3 is 2.30 bits per heavy atom. The van der Waals surface area contributed by atoms with E-state index in [4.69, 9.17) is 19.3 Å². The normalized spacial score (nSPS) is 22.1. The Balaban J connectivity index is 1.39. The van der Waals surface area contributed by atoms with Gasteiger partial charge in [0.1, 0.15) is 0 Å². The largest absolute Gasteiger partial charge is 0.493 e. The van der Waals surface area contributed by atoms with Crippen molar-refractivity contribution < 1.29 is 19.0 Å². The molecule has 37 heavy (non-hydrogen) atoms. The number of ether oxygens (including phenoxy) is 3. The van der Waals surface area contributed by atoms with Crippen molar-refractivity contribution in [2.45, 2.75) is 45.9 Å². The molecule has 5 rings (SSSR count). The summed E-state index contributed by atoms with van der Waals surface area (Å²) in [6.07, 6.45) is 5.87. The summed E-state index contributed by atoms with van der Waals surface area (Å²) in [6, 6.07) is 14.5. The molecule has 0 bridgehead atoms. The van der Waals surface area contributed by atoms with Crippen molar-refractivity contribution in [3.63, 3.8) is 0 Å². The van der Waals surface area contributed by atoms with Crippen LogP contribution in [0.15, 0.2) is 59.7 Å². The van der Waals surface area contributed by atoms with Gasteiger partial charge in [0.05, 0.1) is 44.6 Å². The fraction of sp³-hybridized carbons (Fsp3) is 0.467. The summed E-state index contributed by atoms with van der Waals surface area (Å²) in [5, 5.41) is 6.62. The number of hydrogen-bond donors (Lipinski definition) is 0. The van der Waals surface area contributed by atoms with Gasteiger partial charge in [-0.2, -0.15) is 5.10 Å². The summed E-state index contributed by atoms with van der Waals surface area (Å²) >= 11 is 0. The number of hydrogen-bond acceptors (Lipinski definition) is 6. The number of methoxy groups -OCH3 is 1. The zero-order chi connectivity index (χ0) is 25.8. The smallest absolute Gasteiger partial charge is 0.247 e. The summed E-state index contributed by atoms with van der Waals surface area (Å²) in [4.78, 5) is 15.9. The first-order valence-electron chi connectivity index (χ1n) is 13.3. The van der Waals surface area contributed by atoms with Crippen molar-refractivity contribution in [3.8, 4) is 11.5 Å². The second kappa shape index (κ2) is 11.5. The molecule has 0 N–H and O–H groups in total. The van der Waals surface area contributed by atoms with Crippen molar-refractivity contribution in [3.05, 3.63) is 71.3 Å². The van der Waals surface area contributed by atoms with Crippen LogP contribution in [0.3, 0.4) is 0 Å². The monoisotopic (exact) mass is 503 g/mol. The van der Waals surface area contributed by atoms with E-state index < -0.39 is 0 Å². The average Bonchev–Trinajstić information content (AvgIpc) is 2.91. The van der Waals surface area contributed by atoms with Crippen LogP contribution in [0.2, 0.25) is 0 Å². The molecule has 2 aliphatic heterocycles. The van der Waals surface area contributed by atoms with Gasteiger partial charge in [0.25, 0.3) is 0 Å². The van der Waals surface area contributed by atoms with Gasteiger partial charge in [-0.1, -0.05) is 36.4 Å². The predicted molar refractivity (Wildman–Crippen MR) is 144 cm³/mol. The number of allylic oxidation sites excluding steroid dienone is 2. The fourth-order valence-corrected chi connectivity index (χ4v) is 5.34. The predicted octanol–water partition coefficient (Wildman–Crippen LogP) is 4.64. The highest BCUT2D eigenvalue weighted by molar-refractivity contribution is 6.07. The van der Waals surface area contributed by atoms with Crippen molar-refractivity contribution in [1.82, 2.24) is 9.91 Å². The Morgan fingerprint density at radius 1 is 0.946 bits per heavy atom. The number of benzene rings is 2. The highest BCUT2D eigenvalue weighted by Crippen LogP contribution is 2.37. The molecule has 2 heterocycles. The van der Waals surface area contributed by atoms with E-state index in [9.17, 15) is 4.79 Å². The standard InChI is InChI=1S/C30H37N3O4/c1-21(2)37-28-18-24(12-13-27(28)35-3)29-25-6-4-5-7-26(25)30(34)33(31-29)20-23-10-8-22(9-11-23)19-32-14-16-36-17-15-32/h4-5,8-13,18,21,25-26H,6-7,14-17,19-20H2,1-3H3/t25-,26+/m1/s1. The lowest BCUT2D eigenvalue weighted by atomic mass is 9.76. The maximum atomic E-state index is 13.5. The number of amides is 1. The first-order chi connectivity index (χ1) is 18.0. The lowest BCUT2D eigenvalue weighted by Crippen LogP contribution is -2.45. The molecule has 3 aliphatic rings. The molecule has 0 unspecified atom stereocenters. The highest BCUT2D eigenvalue weighted by atomic mass is 16.5.